The molecular weight excluding hydrogens is 240 g/mol. The maximum atomic E-state index is 11.6. The van der Waals surface area contributed by atoms with Crippen molar-refractivity contribution in [2.45, 2.75) is 6.92 Å². The summed E-state index contributed by atoms with van der Waals surface area (Å²) < 4.78 is 1.75. The number of aromatic nitrogens is 2. The standard InChI is InChI=1S/C14H14N4O/c1-10-12(9-16-18(10)2)8-7-11-5-3-4-6-13(11)14(19)17-15/h3-6,9H,15H2,1-2H3,(H,17,19). The van der Waals surface area contributed by atoms with Gasteiger partial charge in [-0.1, -0.05) is 24.0 Å². The molecule has 0 aliphatic heterocycles. The molecule has 3 N–H and O–H groups in total. The Hall–Kier alpha value is -2.58. The number of nitrogens with one attached hydrogen (secondary N) is 1. The molecule has 0 aliphatic carbocycles. The van der Waals surface area contributed by atoms with Gasteiger partial charge in [0.1, 0.15) is 0 Å². The van der Waals surface area contributed by atoms with E-state index in [-0.39, 0.29) is 5.91 Å². The lowest BCUT2D eigenvalue weighted by molar-refractivity contribution is 0.0953. The van der Waals surface area contributed by atoms with E-state index in [1.807, 2.05) is 20.0 Å². The zero-order valence-corrected chi connectivity index (χ0v) is 10.8. The number of hydrogen-bond acceptors (Lipinski definition) is 3. The fourth-order valence-electron chi connectivity index (χ4n) is 1.62. The number of nitrogens with zero attached hydrogens (tertiary/aromatic N) is 2. The average molecular weight is 254 g/mol. The first kappa shape index (κ1) is 12.9. The first-order chi connectivity index (χ1) is 9.13. The van der Waals surface area contributed by atoms with Gasteiger partial charge < -0.3 is 0 Å². The summed E-state index contributed by atoms with van der Waals surface area (Å²) in [6, 6.07) is 7.06. The van der Waals surface area contributed by atoms with Crippen LogP contribution >= 0.6 is 0 Å². The fourth-order valence-corrected chi connectivity index (χ4v) is 1.62. The van der Waals surface area contributed by atoms with Crippen molar-refractivity contribution < 1.29 is 4.79 Å². The lowest BCUT2D eigenvalue weighted by Gasteiger charge is -2.01. The van der Waals surface area contributed by atoms with Crippen molar-refractivity contribution >= 4 is 5.91 Å². The first-order valence-electron chi connectivity index (χ1n) is 5.74. The van der Waals surface area contributed by atoms with Gasteiger partial charge in [-0.25, -0.2) is 5.84 Å². The topological polar surface area (TPSA) is 72.9 Å². The van der Waals surface area contributed by atoms with Crippen LogP contribution in [0.2, 0.25) is 0 Å². The Kier molecular flexibility index (Phi) is 3.64. The summed E-state index contributed by atoms with van der Waals surface area (Å²) in [7, 11) is 1.86. The van der Waals surface area contributed by atoms with E-state index in [2.05, 4.69) is 22.4 Å². The number of hydrogen-bond donors (Lipinski definition) is 2. The van der Waals surface area contributed by atoms with E-state index in [4.69, 9.17) is 5.84 Å². The molecule has 0 spiro atoms. The SMILES string of the molecule is Cc1c(C#Cc2ccccc2C(=O)NN)cnn1C. The van der Waals surface area contributed by atoms with Crippen molar-refractivity contribution in [3.63, 3.8) is 0 Å². The number of rotatable bonds is 1. The molecule has 2 aromatic rings. The second kappa shape index (κ2) is 5.38. The van der Waals surface area contributed by atoms with Crippen LogP contribution in [-0.4, -0.2) is 15.7 Å². The van der Waals surface area contributed by atoms with Crippen molar-refractivity contribution in [1.29, 1.82) is 0 Å². The van der Waals surface area contributed by atoms with Gasteiger partial charge in [-0.2, -0.15) is 5.10 Å². The predicted octanol–water partition coefficient (Wildman–Crippen LogP) is 0.732. The molecule has 2 rings (SSSR count). The molecule has 1 aromatic carbocycles. The van der Waals surface area contributed by atoms with Gasteiger partial charge in [0.05, 0.1) is 23.0 Å². The van der Waals surface area contributed by atoms with Gasteiger partial charge in [-0.3, -0.25) is 14.9 Å². The van der Waals surface area contributed by atoms with E-state index in [0.29, 0.717) is 11.1 Å². The number of carbonyl (C=O) groups is 1. The van der Waals surface area contributed by atoms with Gasteiger partial charge in [0.25, 0.3) is 5.91 Å². The molecule has 0 unspecified atom stereocenters. The minimum absolute atomic E-state index is 0.354. The normalized spacial score (nSPS) is 9.63. The Morgan fingerprint density at radius 3 is 2.63 bits per heavy atom. The average Bonchev–Trinajstić information content (AvgIpc) is 2.76. The molecular formula is C14H14N4O. The zero-order valence-electron chi connectivity index (χ0n) is 10.8. The molecule has 0 saturated heterocycles. The van der Waals surface area contributed by atoms with Crippen molar-refractivity contribution in [2.75, 3.05) is 0 Å². The van der Waals surface area contributed by atoms with Crippen molar-refractivity contribution in [3.05, 3.63) is 52.8 Å². The minimum Gasteiger partial charge on any atom is -0.290 e. The third-order valence-corrected chi connectivity index (χ3v) is 2.87. The Bertz CT molecular complexity index is 676. The maximum Gasteiger partial charge on any atom is 0.266 e. The molecule has 0 bridgehead atoms. The number of nitrogens with two attached hydrogens (primary N) is 1. The Morgan fingerprint density at radius 2 is 2.00 bits per heavy atom. The predicted molar refractivity (Wildman–Crippen MR) is 72.0 cm³/mol. The summed E-state index contributed by atoms with van der Waals surface area (Å²) in [5, 5.41) is 4.12. The Balaban J connectivity index is 2.40. The van der Waals surface area contributed by atoms with E-state index in [9.17, 15) is 4.79 Å². The molecule has 0 fully saturated rings. The van der Waals surface area contributed by atoms with Gasteiger partial charge in [0.2, 0.25) is 0 Å². The first-order valence-corrected chi connectivity index (χ1v) is 5.74. The van der Waals surface area contributed by atoms with Gasteiger partial charge >= 0.3 is 0 Å². The molecule has 0 radical (unpaired) electrons. The third kappa shape index (κ3) is 2.64. The van der Waals surface area contributed by atoms with Gasteiger partial charge in [-0.15, -0.1) is 0 Å². The molecule has 19 heavy (non-hydrogen) atoms. The molecule has 0 aliphatic rings. The number of benzene rings is 1. The molecule has 5 nitrogen and oxygen atoms in total. The van der Waals surface area contributed by atoms with Crippen molar-refractivity contribution in [3.8, 4) is 11.8 Å². The number of amides is 1. The number of aryl methyl sites for hydroxylation is 1. The van der Waals surface area contributed by atoms with E-state index in [1.54, 1.807) is 29.1 Å². The van der Waals surface area contributed by atoms with E-state index >= 15 is 0 Å². The van der Waals surface area contributed by atoms with Gasteiger partial charge in [-0.05, 0) is 19.1 Å². The molecule has 5 heteroatoms. The maximum absolute atomic E-state index is 11.6. The Labute approximate surface area is 111 Å². The van der Waals surface area contributed by atoms with Crippen LogP contribution in [0.4, 0.5) is 0 Å². The highest BCUT2D eigenvalue weighted by atomic mass is 16.2. The Morgan fingerprint density at radius 1 is 1.32 bits per heavy atom. The summed E-state index contributed by atoms with van der Waals surface area (Å²) in [5.74, 6) is 10.8. The number of hydrazine groups is 1. The van der Waals surface area contributed by atoms with Crippen LogP contribution in [0.1, 0.15) is 27.2 Å². The van der Waals surface area contributed by atoms with Crippen LogP contribution < -0.4 is 11.3 Å². The number of nitrogen functional groups attached to an aromatic ring is 1. The van der Waals surface area contributed by atoms with Crippen LogP contribution in [0.5, 0.6) is 0 Å². The van der Waals surface area contributed by atoms with Crippen molar-refractivity contribution in [2.24, 2.45) is 12.9 Å². The van der Waals surface area contributed by atoms with Crippen LogP contribution in [0.25, 0.3) is 0 Å². The second-order valence-corrected chi connectivity index (χ2v) is 4.04. The van der Waals surface area contributed by atoms with Crippen LogP contribution in [-0.2, 0) is 7.05 Å². The monoisotopic (exact) mass is 254 g/mol. The van der Waals surface area contributed by atoms with Gasteiger partial charge in [0.15, 0.2) is 0 Å². The highest BCUT2D eigenvalue weighted by Crippen LogP contribution is 2.08. The molecule has 1 aromatic heterocycles. The molecule has 96 valence electrons. The van der Waals surface area contributed by atoms with E-state index < -0.39 is 0 Å². The van der Waals surface area contributed by atoms with E-state index in [0.717, 1.165) is 11.3 Å². The van der Waals surface area contributed by atoms with Crippen molar-refractivity contribution in [1.82, 2.24) is 15.2 Å². The molecule has 0 atom stereocenters. The molecule has 1 amide bonds. The second-order valence-electron chi connectivity index (χ2n) is 4.04. The largest absolute Gasteiger partial charge is 0.290 e. The zero-order chi connectivity index (χ0) is 13.8. The van der Waals surface area contributed by atoms with Gasteiger partial charge in [0, 0.05) is 12.6 Å². The van der Waals surface area contributed by atoms with Crippen LogP contribution in [0.15, 0.2) is 30.5 Å². The third-order valence-electron chi connectivity index (χ3n) is 2.87. The lowest BCUT2D eigenvalue weighted by Crippen LogP contribution is -2.30. The summed E-state index contributed by atoms with van der Waals surface area (Å²) >= 11 is 0. The summed E-state index contributed by atoms with van der Waals surface area (Å²) in [5.41, 5.74) is 5.02. The molecule has 1 heterocycles. The van der Waals surface area contributed by atoms with E-state index in [1.165, 1.54) is 0 Å². The van der Waals surface area contributed by atoms with Crippen LogP contribution in [0.3, 0.4) is 0 Å². The van der Waals surface area contributed by atoms with Crippen LogP contribution in [0, 0.1) is 18.8 Å². The summed E-state index contributed by atoms with van der Waals surface area (Å²) in [4.78, 5) is 11.6. The smallest absolute Gasteiger partial charge is 0.266 e. The fraction of sp³-hybridized carbons (Fsp3) is 0.143. The number of carbonyl (C=O) groups excluding carboxylic acids is 1. The lowest BCUT2D eigenvalue weighted by atomic mass is 10.1. The highest BCUT2D eigenvalue weighted by Gasteiger charge is 2.07. The minimum atomic E-state index is -0.354. The quantitative estimate of drug-likeness (QED) is 0.341. The highest BCUT2D eigenvalue weighted by molar-refractivity contribution is 5.96. The molecule has 0 saturated carbocycles. The summed E-state index contributed by atoms with van der Waals surface area (Å²) in [6.45, 7) is 1.94. The summed E-state index contributed by atoms with van der Waals surface area (Å²) in [6.07, 6.45) is 1.70.